The molecule has 0 amide bonds. The van der Waals surface area contributed by atoms with Crippen LogP contribution in [0.15, 0.2) is 18.3 Å². The van der Waals surface area contributed by atoms with Gasteiger partial charge in [0.15, 0.2) is 5.78 Å². The quantitative estimate of drug-likeness (QED) is 0.526. The number of carbonyl (C=O) groups is 1. The number of aromatic nitrogens is 1. The maximum Gasteiger partial charge on any atom is 0.194 e. The van der Waals surface area contributed by atoms with E-state index in [1.54, 1.807) is 0 Å². The third-order valence-electron chi connectivity index (χ3n) is 4.75. The summed E-state index contributed by atoms with van der Waals surface area (Å²) in [5.74, 6) is 0.0723. The van der Waals surface area contributed by atoms with Crippen molar-refractivity contribution in [3.05, 3.63) is 29.6 Å². The topological polar surface area (TPSA) is 48.5 Å². The molecule has 1 aromatic heterocycles. The Morgan fingerprint density at radius 3 is 2.58 bits per heavy atom. The van der Waals surface area contributed by atoms with E-state index in [1.165, 1.54) is 32.4 Å². The number of rotatable bonds is 10. The molecule has 0 bridgehead atoms. The van der Waals surface area contributed by atoms with Crippen LogP contribution in [0.1, 0.15) is 49.2 Å². The number of pyridine rings is 1. The van der Waals surface area contributed by atoms with Gasteiger partial charge in [0.05, 0.1) is 6.54 Å². The molecule has 1 aromatic rings. The highest BCUT2D eigenvalue weighted by atomic mass is 16.1. The van der Waals surface area contributed by atoms with Crippen LogP contribution in [0.3, 0.4) is 0 Å². The number of likely N-dealkylation sites (tertiary alicyclic amines) is 1. The summed E-state index contributed by atoms with van der Waals surface area (Å²) in [7, 11) is 0. The Labute approximate surface area is 146 Å². The molecule has 134 valence electrons. The highest BCUT2D eigenvalue weighted by Gasteiger charge is 2.11. The predicted molar refractivity (Wildman–Crippen MR) is 98.4 cm³/mol. The maximum atomic E-state index is 12.2. The van der Waals surface area contributed by atoms with Gasteiger partial charge >= 0.3 is 0 Å². The molecule has 1 aliphatic heterocycles. The molecule has 1 N–H and O–H groups in total. The average Bonchev–Trinajstić information content (AvgIpc) is 2.64. The van der Waals surface area contributed by atoms with Crippen molar-refractivity contribution < 1.29 is 4.79 Å². The fourth-order valence-electron chi connectivity index (χ4n) is 3.10. The van der Waals surface area contributed by atoms with Crippen molar-refractivity contribution in [3.63, 3.8) is 0 Å². The summed E-state index contributed by atoms with van der Waals surface area (Å²) in [6.45, 7) is 11.9. The first-order valence-electron chi connectivity index (χ1n) is 9.36. The van der Waals surface area contributed by atoms with Gasteiger partial charge in [-0.25, -0.2) is 0 Å². The lowest BCUT2D eigenvalue weighted by Crippen LogP contribution is -2.37. The number of nitrogens with zero attached hydrogens (tertiary/aromatic N) is 3. The van der Waals surface area contributed by atoms with E-state index in [9.17, 15) is 4.79 Å². The van der Waals surface area contributed by atoms with Crippen molar-refractivity contribution in [2.75, 3.05) is 45.8 Å². The maximum absolute atomic E-state index is 12.2. The number of nitrogens with one attached hydrogen (secondary N) is 1. The molecule has 0 aromatic carbocycles. The van der Waals surface area contributed by atoms with Crippen molar-refractivity contribution in [2.45, 2.75) is 39.7 Å². The van der Waals surface area contributed by atoms with Gasteiger partial charge in [-0.1, -0.05) is 26.3 Å². The van der Waals surface area contributed by atoms with Gasteiger partial charge in [0.2, 0.25) is 0 Å². The minimum Gasteiger partial charge on any atom is -0.308 e. The lowest BCUT2D eigenvalue weighted by molar-refractivity contribution is 0.0985. The molecule has 24 heavy (non-hydrogen) atoms. The Morgan fingerprint density at radius 1 is 1.21 bits per heavy atom. The van der Waals surface area contributed by atoms with Crippen LogP contribution >= 0.6 is 0 Å². The van der Waals surface area contributed by atoms with Crippen molar-refractivity contribution in [1.29, 1.82) is 0 Å². The Bertz CT molecular complexity index is 479. The lowest BCUT2D eigenvalue weighted by atomic mass is 10.1. The summed E-state index contributed by atoms with van der Waals surface area (Å²) in [5.41, 5.74) is 1.72. The van der Waals surface area contributed by atoms with E-state index >= 15 is 0 Å². The van der Waals surface area contributed by atoms with Crippen LogP contribution in [-0.4, -0.2) is 66.4 Å². The predicted octanol–water partition coefficient (Wildman–Crippen LogP) is 2.18. The summed E-state index contributed by atoms with van der Waals surface area (Å²) < 4.78 is 0. The van der Waals surface area contributed by atoms with Gasteiger partial charge in [-0.2, -0.15) is 0 Å². The van der Waals surface area contributed by atoms with E-state index < -0.39 is 0 Å². The third kappa shape index (κ3) is 6.30. The standard InChI is InChI=1S/C19H32N4O/c1-3-22(4-2)16-17-8-9-18(21-14-17)19(24)15-20-10-13-23-11-6-5-7-12-23/h8-9,14,20H,3-7,10-13,15-16H2,1-2H3. The van der Waals surface area contributed by atoms with Gasteiger partial charge in [0.25, 0.3) is 0 Å². The summed E-state index contributed by atoms with van der Waals surface area (Å²) >= 11 is 0. The number of piperidine rings is 1. The molecule has 0 spiro atoms. The summed E-state index contributed by atoms with van der Waals surface area (Å²) in [6, 6.07) is 3.87. The Balaban J connectivity index is 1.69. The minimum atomic E-state index is 0.0723. The van der Waals surface area contributed by atoms with Crippen LogP contribution < -0.4 is 5.32 Å². The molecule has 2 rings (SSSR count). The zero-order valence-electron chi connectivity index (χ0n) is 15.3. The molecule has 1 saturated heterocycles. The SMILES string of the molecule is CCN(CC)Cc1ccc(C(=O)CNCCN2CCCCC2)nc1. The number of carbonyl (C=O) groups excluding carboxylic acids is 1. The average molecular weight is 332 g/mol. The van der Waals surface area contributed by atoms with Crippen LogP contribution in [0, 0.1) is 0 Å². The molecule has 5 nitrogen and oxygen atoms in total. The lowest BCUT2D eigenvalue weighted by Gasteiger charge is -2.26. The van der Waals surface area contributed by atoms with Gasteiger partial charge in [0, 0.05) is 25.8 Å². The zero-order chi connectivity index (χ0) is 17.2. The van der Waals surface area contributed by atoms with E-state index in [0.29, 0.717) is 12.2 Å². The van der Waals surface area contributed by atoms with Crippen molar-refractivity contribution >= 4 is 5.78 Å². The fourth-order valence-corrected chi connectivity index (χ4v) is 3.10. The fraction of sp³-hybridized carbons (Fsp3) is 0.684. The molecule has 1 fully saturated rings. The van der Waals surface area contributed by atoms with Crippen molar-refractivity contribution in [1.82, 2.24) is 20.1 Å². The van der Waals surface area contributed by atoms with E-state index in [0.717, 1.165) is 38.3 Å². The summed E-state index contributed by atoms with van der Waals surface area (Å²) in [6.07, 6.45) is 5.81. The number of ketones is 1. The number of hydrogen-bond acceptors (Lipinski definition) is 5. The normalized spacial score (nSPS) is 15.8. The van der Waals surface area contributed by atoms with Crippen LogP contribution in [-0.2, 0) is 6.54 Å². The minimum absolute atomic E-state index is 0.0723. The molecule has 0 atom stereocenters. The first-order valence-corrected chi connectivity index (χ1v) is 9.36. The molecule has 0 aliphatic carbocycles. The van der Waals surface area contributed by atoms with Gasteiger partial charge in [-0.05, 0) is 50.7 Å². The van der Waals surface area contributed by atoms with E-state index in [4.69, 9.17) is 0 Å². The molecule has 2 heterocycles. The highest BCUT2D eigenvalue weighted by molar-refractivity contribution is 5.95. The van der Waals surface area contributed by atoms with Crippen LogP contribution in [0.5, 0.6) is 0 Å². The van der Waals surface area contributed by atoms with Gasteiger partial charge < -0.3 is 10.2 Å². The van der Waals surface area contributed by atoms with E-state index in [-0.39, 0.29) is 5.78 Å². The molecule has 1 aliphatic rings. The molecular weight excluding hydrogens is 300 g/mol. The first kappa shape index (κ1) is 19.0. The van der Waals surface area contributed by atoms with Gasteiger partial charge in [-0.15, -0.1) is 0 Å². The highest BCUT2D eigenvalue weighted by Crippen LogP contribution is 2.07. The second kappa shape index (κ2) is 10.5. The molecular formula is C19H32N4O. The summed E-state index contributed by atoms with van der Waals surface area (Å²) in [5, 5.41) is 3.26. The van der Waals surface area contributed by atoms with Crippen molar-refractivity contribution in [3.8, 4) is 0 Å². The van der Waals surface area contributed by atoms with Crippen LogP contribution in [0.2, 0.25) is 0 Å². The van der Waals surface area contributed by atoms with Crippen molar-refractivity contribution in [2.24, 2.45) is 0 Å². The van der Waals surface area contributed by atoms with Crippen LogP contribution in [0.4, 0.5) is 0 Å². The zero-order valence-corrected chi connectivity index (χ0v) is 15.3. The monoisotopic (exact) mass is 332 g/mol. The Morgan fingerprint density at radius 2 is 1.96 bits per heavy atom. The van der Waals surface area contributed by atoms with E-state index in [2.05, 4.69) is 33.9 Å². The Kier molecular flexibility index (Phi) is 8.36. The molecule has 0 radical (unpaired) electrons. The van der Waals surface area contributed by atoms with E-state index in [1.807, 2.05) is 18.3 Å². The largest absolute Gasteiger partial charge is 0.308 e. The number of Topliss-reactive ketones (excluding diaryl/α,β-unsaturated/α-hetero) is 1. The van der Waals surface area contributed by atoms with Gasteiger partial charge in [0.1, 0.15) is 5.69 Å². The van der Waals surface area contributed by atoms with Crippen LogP contribution in [0.25, 0.3) is 0 Å². The second-order valence-electron chi connectivity index (χ2n) is 6.52. The first-order chi connectivity index (χ1) is 11.7. The molecule has 0 saturated carbocycles. The molecule has 5 heteroatoms. The second-order valence-corrected chi connectivity index (χ2v) is 6.52. The molecule has 0 unspecified atom stereocenters. The Hall–Kier alpha value is -1.30. The smallest absolute Gasteiger partial charge is 0.194 e. The summed E-state index contributed by atoms with van der Waals surface area (Å²) in [4.78, 5) is 21.3. The third-order valence-corrected chi connectivity index (χ3v) is 4.75. The van der Waals surface area contributed by atoms with Gasteiger partial charge in [-0.3, -0.25) is 14.7 Å². The number of hydrogen-bond donors (Lipinski definition) is 1.